The molecule has 0 bridgehead atoms. The van der Waals surface area contributed by atoms with Crippen molar-refractivity contribution >= 4 is 17.9 Å². The highest BCUT2D eigenvalue weighted by Gasteiger charge is 2.23. The van der Waals surface area contributed by atoms with Gasteiger partial charge in [-0.1, -0.05) is 24.3 Å². The minimum atomic E-state index is -0.868. The first kappa shape index (κ1) is 19.5. The number of aromatic nitrogens is 3. The molecule has 8 heteroatoms. The molecule has 1 aliphatic heterocycles. The molecule has 2 N–H and O–H groups in total. The molecule has 2 heterocycles. The summed E-state index contributed by atoms with van der Waals surface area (Å²) in [5, 5.41) is 18.1. The van der Waals surface area contributed by atoms with E-state index < -0.39 is 5.60 Å². The predicted molar refractivity (Wildman–Crippen MR) is 108 cm³/mol. The third kappa shape index (κ3) is 4.29. The third-order valence-electron chi connectivity index (χ3n) is 4.93. The number of aldehydes is 1. The second-order valence-electron chi connectivity index (χ2n) is 7.44. The van der Waals surface area contributed by atoms with E-state index in [9.17, 15) is 9.90 Å². The highest BCUT2D eigenvalue weighted by Crippen LogP contribution is 2.28. The summed E-state index contributed by atoms with van der Waals surface area (Å²) < 4.78 is 12.7. The molecule has 1 unspecified atom stereocenters. The summed E-state index contributed by atoms with van der Waals surface area (Å²) in [5.74, 6) is 1.10. The molecule has 0 saturated carbocycles. The standard InChI is InChI=1S/C21H24N4O4/c1-14-11-15(13-26)3-4-17(14)19-23-20(22-12-18-28-9-10-29-18)25(24-19)16-5-7-21(2,27)8-6-16/h3-7,11,13,18,27H,8-10,12H2,1-2H3,(H,22,23,24). The van der Waals surface area contributed by atoms with Crippen LogP contribution in [0.1, 0.15) is 29.3 Å². The molecule has 0 radical (unpaired) electrons. The lowest BCUT2D eigenvalue weighted by molar-refractivity contribution is -0.0300. The van der Waals surface area contributed by atoms with Crippen LogP contribution in [0.15, 0.2) is 36.4 Å². The molecule has 29 heavy (non-hydrogen) atoms. The molecule has 2 aromatic rings. The van der Waals surface area contributed by atoms with E-state index >= 15 is 0 Å². The number of carbonyl (C=O) groups excluding carboxylic acids is 1. The number of ether oxygens (including phenoxy) is 2. The number of allylic oxidation sites excluding steroid dienone is 2. The molecular formula is C21H24N4O4. The van der Waals surface area contributed by atoms with Crippen LogP contribution in [0.2, 0.25) is 0 Å². The Hall–Kier alpha value is -2.81. The molecule has 1 aliphatic carbocycles. The first-order valence-electron chi connectivity index (χ1n) is 9.58. The fraction of sp³-hybridized carbons (Fsp3) is 0.381. The number of carbonyl (C=O) groups is 1. The van der Waals surface area contributed by atoms with Crippen molar-refractivity contribution in [3.63, 3.8) is 0 Å². The maximum absolute atomic E-state index is 11.0. The molecule has 1 saturated heterocycles. The van der Waals surface area contributed by atoms with Gasteiger partial charge in [-0.3, -0.25) is 4.79 Å². The fourth-order valence-electron chi connectivity index (χ4n) is 3.30. The van der Waals surface area contributed by atoms with Gasteiger partial charge in [0.25, 0.3) is 0 Å². The van der Waals surface area contributed by atoms with Crippen molar-refractivity contribution in [2.75, 3.05) is 25.1 Å². The average molecular weight is 396 g/mol. The number of hydrogen-bond donors (Lipinski definition) is 2. The topological polar surface area (TPSA) is 98.5 Å². The number of benzene rings is 1. The predicted octanol–water partition coefficient (Wildman–Crippen LogP) is 2.40. The summed E-state index contributed by atoms with van der Waals surface area (Å²) in [6.07, 6.45) is 6.48. The first-order chi connectivity index (χ1) is 13.9. The second-order valence-corrected chi connectivity index (χ2v) is 7.44. The van der Waals surface area contributed by atoms with Gasteiger partial charge in [0.2, 0.25) is 5.95 Å². The zero-order valence-electron chi connectivity index (χ0n) is 16.5. The van der Waals surface area contributed by atoms with Crippen molar-refractivity contribution < 1.29 is 19.4 Å². The molecule has 1 aromatic carbocycles. The Morgan fingerprint density at radius 3 is 2.83 bits per heavy atom. The van der Waals surface area contributed by atoms with E-state index in [1.807, 2.05) is 31.2 Å². The molecule has 8 nitrogen and oxygen atoms in total. The van der Waals surface area contributed by atoms with Gasteiger partial charge in [-0.2, -0.15) is 9.67 Å². The van der Waals surface area contributed by atoms with E-state index in [4.69, 9.17) is 9.47 Å². The second kappa shape index (κ2) is 7.90. The summed E-state index contributed by atoms with van der Waals surface area (Å²) in [7, 11) is 0. The summed E-state index contributed by atoms with van der Waals surface area (Å²) >= 11 is 0. The molecule has 152 valence electrons. The minimum absolute atomic E-state index is 0.325. The number of hydrogen-bond acceptors (Lipinski definition) is 7. The number of aryl methyl sites for hydroxylation is 1. The van der Waals surface area contributed by atoms with Gasteiger partial charge in [-0.05, 0) is 38.0 Å². The van der Waals surface area contributed by atoms with Crippen molar-refractivity contribution in [1.29, 1.82) is 0 Å². The van der Waals surface area contributed by atoms with Crippen LogP contribution in [0.5, 0.6) is 0 Å². The number of aliphatic hydroxyl groups is 1. The lowest BCUT2D eigenvalue weighted by atomic mass is 9.97. The molecule has 1 fully saturated rings. The van der Waals surface area contributed by atoms with Crippen molar-refractivity contribution in [2.45, 2.75) is 32.2 Å². The van der Waals surface area contributed by atoms with Crippen LogP contribution in [0.25, 0.3) is 17.1 Å². The van der Waals surface area contributed by atoms with Crippen LogP contribution in [0, 0.1) is 6.92 Å². The maximum atomic E-state index is 11.0. The van der Waals surface area contributed by atoms with Crippen LogP contribution >= 0.6 is 0 Å². The van der Waals surface area contributed by atoms with Gasteiger partial charge >= 0.3 is 0 Å². The molecule has 0 spiro atoms. The summed E-state index contributed by atoms with van der Waals surface area (Å²) in [5.41, 5.74) is 2.32. The molecule has 0 amide bonds. The van der Waals surface area contributed by atoms with Crippen molar-refractivity contribution in [2.24, 2.45) is 0 Å². The molecule has 2 aliphatic rings. The van der Waals surface area contributed by atoms with Gasteiger partial charge in [0, 0.05) is 11.1 Å². The van der Waals surface area contributed by atoms with Crippen LogP contribution < -0.4 is 5.32 Å². The lowest BCUT2D eigenvalue weighted by Gasteiger charge is -2.21. The highest BCUT2D eigenvalue weighted by atomic mass is 16.7. The fourth-order valence-corrected chi connectivity index (χ4v) is 3.30. The van der Waals surface area contributed by atoms with E-state index in [0.29, 0.717) is 43.5 Å². The van der Waals surface area contributed by atoms with Gasteiger partial charge in [0.15, 0.2) is 12.1 Å². The van der Waals surface area contributed by atoms with Crippen molar-refractivity contribution in [1.82, 2.24) is 14.8 Å². The van der Waals surface area contributed by atoms with Gasteiger partial charge < -0.3 is 19.9 Å². The van der Waals surface area contributed by atoms with Crippen LogP contribution in [-0.2, 0) is 9.47 Å². The molecular weight excluding hydrogens is 372 g/mol. The van der Waals surface area contributed by atoms with E-state index in [1.54, 1.807) is 23.7 Å². The van der Waals surface area contributed by atoms with E-state index in [0.717, 1.165) is 23.1 Å². The first-order valence-corrected chi connectivity index (χ1v) is 9.58. The Balaban J connectivity index is 1.67. The largest absolute Gasteiger partial charge is 0.386 e. The molecule has 1 aromatic heterocycles. The van der Waals surface area contributed by atoms with Crippen molar-refractivity contribution in [3.05, 3.63) is 47.6 Å². The summed E-state index contributed by atoms with van der Waals surface area (Å²) in [6.45, 7) is 5.28. The van der Waals surface area contributed by atoms with Gasteiger partial charge in [-0.25, -0.2) is 0 Å². The summed E-state index contributed by atoms with van der Waals surface area (Å²) in [6, 6.07) is 5.41. The normalized spacial score (nSPS) is 22.0. The van der Waals surface area contributed by atoms with Gasteiger partial charge in [0.05, 0.1) is 31.1 Å². The quantitative estimate of drug-likeness (QED) is 0.724. The number of rotatable bonds is 6. The van der Waals surface area contributed by atoms with Crippen LogP contribution in [-0.4, -0.2) is 57.8 Å². The monoisotopic (exact) mass is 396 g/mol. The Morgan fingerprint density at radius 1 is 1.38 bits per heavy atom. The lowest BCUT2D eigenvalue weighted by Crippen LogP contribution is -2.24. The smallest absolute Gasteiger partial charge is 0.226 e. The zero-order valence-corrected chi connectivity index (χ0v) is 16.5. The van der Waals surface area contributed by atoms with Gasteiger partial charge in [0.1, 0.15) is 6.29 Å². The van der Waals surface area contributed by atoms with Crippen LogP contribution in [0.4, 0.5) is 5.95 Å². The Labute approximate surface area is 168 Å². The Kier molecular flexibility index (Phi) is 5.31. The maximum Gasteiger partial charge on any atom is 0.226 e. The zero-order chi connectivity index (χ0) is 20.4. The summed E-state index contributed by atoms with van der Waals surface area (Å²) in [4.78, 5) is 15.7. The Bertz CT molecular complexity index is 971. The minimum Gasteiger partial charge on any atom is -0.386 e. The van der Waals surface area contributed by atoms with E-state index in [1.165, 1.54) is 0 Å². The Morgan fingerprint density at radius 2 is 2.17 bits per heavy atom. The third-order valence-corrected chi connectivity index (χ3v) is 4.93. The van der Waals surface area contributed by atoms with Gasteiger partial charge in [-0.15, -0.1) is 5.10 Å². The van der Waals surface area contributed by atoms with Crippen LogP contribution in [0.3, 0.4) is 0 Å². The van der Waals surface area contributed by atoms with E-state index in [-0.39, 0.29) is 6.29 Å². The highest BCUT2D eigenvalue weighted by molar-refractivity contribution is 5.77. The SMILES string of the molecule is Cc1cc(C=O)ccc1-c1nc(NCC2OCCO2)n(C2=CCC(C)(O)C=C2)n1. The molecule has 4 rings (SSSR count). The number of anilines is 1. The average Bonchev–Trinajstić information content (AvgIpc) is 3.36. The van der Waals surface area contributed by atoms with E-state index in [2.05, 4.69) is 15.4 Å². The molecule has 1 atom stereocenters. The number of nitrogens with zero attached hydrogens (tertiary/aromatic N) is 3. The number of nitrogens with one attached hydrogen (secondary N) is 1. The van der Waals surface area contributed by atoms with Crippen molar-refractivity contribution in [3.8, 4) is 11.4 Å².